The Morgan fingerprint density at radius 3 is 2.92 bits per heavy atom. The molecule has 1 aliphatic rings. The standard InChI is InChI=1S/C9H16N4/c1-7-3-4-8(5-10-7)9-6-11-12-13(9)2/h6-8,10H,3-5H2,1-2H3. The molecule has 1 saturated heterocycles. The highest BCUT2D eigenvalue weighted by atomic mass is 15.4. The van der Waals surface area contributed by atoms with E-state index in [0.717, 1.165) is 6.54 Å². The topological polar surface area (TPSA) is 42.7 Å². The number of hydrogen-bond acceptors (Lipinski definition) is 3. The third kappa shape index (κ3) is 1.72. The van der Waals surface area contributed by atoms with E-state index in [1.165, 1.54) is 18.5 Å². The molecule has 0 radical (unpaired) electrons. The molecule has 2 rings (SSSR count). The van der Waals surface area contributed by atoms with Crippen LogP contribution in [0.2, 0.25) is 0 Å². The molecular weight excluding hydrogens is 164 g/mol. The van der Waals surface area contributed by atoms with Gasteiger partial charge >= 0.3 is 0 Å². The molecule has 0 saturated carbocycles. The van der Waals surface area contributed by atoms with E-state index in [1.807, 2.05) is 17.9 Å². The first-order valence-electron chi connectivity index (χ1n) is 4.85. The Morgan fingerprint density at radius 2 is 2.38 bits per heavy atom. The Labute approximate surface area is 78.3 Å². The molecule has 1 fully saturated rings. The summed E-state index contributed by atoms with van der Waals surface area (Å²) >= 11 is 0. The number of aryl methyl sites for hydroxylation is 1. The zero-order valence-corrected chi connectivity index (χ0v) is 8.20. The van der Waals surface area contributed by atoms with E-state index in [0.29, 0.717) is 12.0 Å². The molecule has 2 atom stereocenters. The van der Waals surface area contributed by atoms with Gasteiger partial charge in [-0.2, -0.15) is 0 Å². The second-order valence-corrected chi connectivity index (χ2v) is 3.87. The summed E-state index contributed by atoms with van der Waals surface area (Å²) in [5, 5.41) is 11.3. The molecule has 1 N–H and O–H groups in total. The molecule has 13 heavy (non-hydrogen) atoms. The third-order valence-electron chi connectivity index (χ3n) is 2.83. The molecule has 0 aromatic carbocycles. The lowest BCUT2D eigenvalue weighted by molar-refractivity contribution is 0.373. The quantitative estimate of drug-likeness (QED) is 0.690. The predicted octanol–water partition coefficient (Wildman–Crippen LogP) is 0.671. The fraction of sp³-hybridized carbons (Fsp3) is 0.778. The van der Waals surface area contributed by atoms with Gasteiger partial charge in [0.15, 0.2) is 0 Å². The molecule has 72 valence electrons. The zero-order valence-electron chi connectivity index (χ0n) is 8.20. The van der Waals surface area contributed by atoms with Crippen LogP contribution in [0.4, 0.5) is 0 Å². The van der Waals surface area contributed by atoms with Gasteiger partial charge in [-0.3, -0.25) is 4.68 Å². The number of piperidine rings is 1. The van der Waals surface area contributed by atoms with Gasteiger partial charge < -0.3 is 5.32 Å². The summed E-state index contributed by atoms with van der Waals surface area (Å²) in [7, 11) is 1.96. The van der Waals surface area contributed by atoms with Gasteiger partial charge in [0.2, 0.25) is 0 Å². The van der Waals surface area contributed by atoms with Gasteiger partial charge in [-0.05, 0) is 19.8 Å². The van der Waals surface area contributed by atoms with E-state index in [4.69, 9.17) is 0 Å². The Kier molecular flexibility index (Phi) is 2.31. The fourth-order valence-corrected chi connectivity index (χ4v) is 1.92. The number of nitrogens with zero attached hydrogens (tertiary/aromatic N) is 3. The summed E-state index contributed by atoms with van der Waals surface area (Å²) in [5.41, 5.74) is 1.25. The van der Waals surface area contributed by atoms with Gasteiger partial charge in [0.05, 0.1) is 11.9 Å². The van der Waals surface area contributed by atoms with Crippen molar-refractivity contribution in [2.75, 3.05) is 6.54 Å². The minimum Gasteiger partial charge on any atom is -0.314 e. The average Bonchev–Trinajstić information content (AvgIpc) is 2.53. The Morgan fingerprint density at radius 1 is 1.54 bits per heavy atom. The van der Waals surface area contributed by atoms with Crippen molar-refractivity contribution in [1.29, 1.82) is 0 Å². The first kappa shape index (κ1) is 8.69. The first-order chi connectivity index (χ1) is 6.27. The molecule has 0 bridgehead atoms. The van der Waals surface area contributed by atoms with Gasteiger partial charge in [0, 0.05) is 25.6 Å². The number of hydrogen-bond donors (Lipinski definition) is 1. The fourth-order valence-electron chi connectivity index (χ4n) is 1.92. The van der Waals surface area contributed by atoms with E-state index in [-0.39, 0.29) is 0 Å². The molecule has 0 spiro atoms. The molecular formula is C9H16N4. The molecule has 1 aromatic heterocycles. The van der Waals surface area contributed by atoms with Crippen molar-refractivity contribution in [3.63, 3.8) is 0 Å². The van der Waals surface area contributed by atoms with Crippen LogP contribution in [0.25, 0.3) is 0 Å². The average molecular weight is 180 g/mol. The highest BCUT2D eigenvalue weighted by Crippen LogP contribution is 2.23. The molecule has 1 aliphatic heterocycles. The number of nitrogens with one attached hydrogen (secondary N) is 1. The number of aromatic nitrogens is 3. The molecule has 0 aliphatic carbocycles. The Balaban J connectivity index is 2.06. The first-order valence-corrected chi connectivity index (χ1v) is 4.85. The van der Waals surface area contributed by atoms with E-state index >= 15 is 0 Å². The van der Waals surface area contributed by atoms with Crippen molar-refractivity contribution >= 4 is 0 Å². The van der Waals surface area contributed by atoms with Gasteiger partial charge in [0.1, 0.15) is 0 Å². The molecule has 4 heteroatoms. The molecule has 4 nitrogen and oxygen atoms in total. The van der Waals surface area contributed by atoms with Crippen LogP contribution in [-0.2, 0) is 7.05 Å². The van der Waals surface area contributed by atoms with Crippen LogP contribution in [0, 0.1) is 0 Å². The van der Waals surface area contributed by atoms with Crippen molar-refractivity contribution in [3.8, 4) is 0 Å². The van der Waals surface area contributed by atoms with Crippen LogP contribution < -0.4 is 5.32 Å². The minimum absolute atomic E-state index is 0.594. The van der Waals surface area contributed by atoms with E-state index in [2.05, 4.69) is 22.6 Å². The van der Waals surface area contributed by atoms with E-state index in [1.54, 1.807) is 0 Å². The van der Waals surface area contributed by atoms with Crippen molar-refractivity contribution in [1.82, 2.24) is 20.3 Å². The highest BCUT2D eigenvalue weighted by Gasteiger charge is 2.21. The van der Waals surface area contributed by atoms with Crippen molar-refractivity contribution in [3.05, 3.63) is 11.9 Å². The molecule has 0 amide bonds. The second-order valence-electron chi connectivity index (χ2n) is 3.87. The third-order valence-corrected chi connectivity index (χ3v) is 2.83. The van der Waals surface area contributed by atoms with Crippen LogP contribution in [0.3, 0.4) is 0 Å². The molecule has 2 heterocycles. The van der Waals surface area contributed by atoms with Gasteiger partial charge in [-0.15, -0.1) is 5.10 Å². The van der Waals surface area contributed by atoms with E-state index in [9.17, 15) is 0 Å². The normalized spacial score (nSPS) is 29.1. The smallest absolute Gasteiger partial charge is 0.0728 e. The summed E-state index contributed by atoms with van der Waals surface area (Å²) in [4.78, 5) is 0. The van der Waals surface area contributed by atoms with Gasteiger partial charge in [-0.25, -0.2) is 0 Å². The summed E-state index contributed by atoms with van der Waals surface area (Å²) in [6.45, 7) is 3.29. The summed E-state index contributed by atoms with van der Waals surface area (Å²) in [6.07, 6.45) is 4.37. The molecule has 2 unspecified atom stereocenters. The summed E-state index contributed by atoms with van der Waals surface area (Å²) < 4.78 is 1.88. The minimum atomic E-state index is 0.594. The Bertz CT molecular complexity index is 273. The SMILES string of the molecule is CC1CCC(c2cnnn2C)CN1. The van der Waals surface area contributed by atoms with Gasteiger partial charge in [-0.1, -0.05) is 5.21 Å². The van der Waals surface area contributed by atoms with Crippen LogP contribution in [0.5, 0.6) is 0 Å². The highest BCUT2D eigenvalue weighted by molar-refractivity contribution is 5.05. The lowest BCUT2D eigenvalue weighted by atomic mass is 9.93. The van der Waals surface area contributed by atoms with Crippen molar-refractivity contribution in [2.24, 2.45) is 7.05 Å². The van der Waals surface area contributed by atoms with Crippen LogP contribution in [0.15, 0.2) is 6.20 Å². The second kappa shape index (κ2) is 3.46. The predicted molar refractivity (Wildman–Crippen MR) is 50.4 cm³/mol. The largest absolute Gasteiger partial charge is 0.314 e. The summed E-state index contributed by atoms with van der Waals surface area (Å²) in [5.74, 6) is 0.594. The van der Waals surface area contributed by atoms with Crippen LogP contribution >= 0.6 is 0 Å². The Hall–Kier alpha value is -0.900. The maximum atomic E-state index is 3.95. The lowest BCUT2D eigenvalue weighted by Gasteiger charge is -2.27. The maximum absolute atomic E-state index is 3.95. The van der Waals surface area contributed by atoms with Crippen molar-refractivity contribution < 1.29 is 0 Å². The monoisotopic (exact) mass is 180 g/mol. The van der Waals surface area contributed by atoms with Gasteiger partial charge in [0.25, 0.3) is 0 Å². The maximum Gasteiger partial charge on any atom is 0.0728 e. The summed E-state index contributed by atoms with van der Waals surface area (Å²) in [6, 6.07) is 0.664. The number of rotatable bonds is 1. The van der Waals surface area contributed by atoms with Crippen molar-refractivity contribution in [2.45, 2.75) is 31.7 Å². The lowest BCUT2D eigenvalue weighted by Crippen LogP contribution is -2.36. The zero-order chi connectivity index (χ0) is 9.26. The molecule has 1 aromatic rings. The van der Waals surface area contributed by atoms with Crippen LogP contribution in [0.1, 0.15) is 31.4 Å². The van der Waals surface area contributed by atoms with Crippen LogP contribution in [-0.4, -0.2) is 27.6 Å². The van der Waals surface area contributed by atoms with E-state index < -0.39 is 0 Å².